The first-order valence-electron chi connectivity index (χ1n) is 12.1. The third-order valence-corrected chi connectivity index (χ3v) is 6.11. The molecule has 2 heterocycles. The minimum Gasteiger partial charge on any atom is -0.508 e. The number of aromatic hydroxyl groups is 1. The van der Waals surface area contributed by atoms with Crippen LogP contribution in [0.3, 0.4) is 0 Å². The molecule has 9 heteroatoms. The van der Waals surface area contributed by atoms with E-state index in [0.717, 1.165) is 23.8 Å². The van der Waals surface area contributed by atoms with Crippen molar-refractivity contribution in [3.8, 4) is 5.75 Å². The van der Waals surface area contributed by atoms with Crippen LogP contribution in [0.5, 0.6) is 5.75 Å². The lowest BCUT2D eigenvalue weighted by Gasteiger charge is -2.31. The van der Waals surface area contributed by atoms with Gasteiger partial charge in [0.05, 0.1) is 6.26 Å². The third-order valence-electron chi connectivity index (χ3n) is 6.11. The number of rotatable bonds is 7. The van der Waals surface area contributed by atoms with Crippen LogP contribution in [0.15, 0.2) is 28.9 Å². The molecule has 0 radical (unpaired) electrons. The number of ether oxygens (including phenoxy) is 1. The quantitative estimate of drug-likeness (QED) is 0.547. The summed E-state index contributed by atoms with van der Waals surface area (Å²) in [4.78, 5) is 40.2. The van der Waals surface area contributed by atoms with Crippen LogP contribution in [-0.4, -0.2) is 58.2 Å². The first-order chi connectivity index (χ1) is 16.4. The van der Waals surface area contributed by atoms with E-state index in [1.165, 1.54) is 0 Å². The second-order valence-electron chi connectivity index (χ2n) is 10.6. The van der Waals surface area contributed by atoms with Crippen LogP contribution < -0.4 is 10.6 Å². The molecule has 3 amide bonds. The maximum Gasteiger partial charge on any atom is 0.408 e. The van der Waals surface area contributed by atoms with Crippen molar-refractivity contribution in [1.29, 1.82) is 0 Å². The molecule has 1 aromatic heterocycles. The second-order valence-corrected chi connectivity index (χ2v) is 10.6. The molecule has 35 heavy (non-hydrogen) atoms. The molecule has 0 aliphatic carbocycles. The molecular weight excluding hydrogens is 450 g/mol. The van der Waals surface area contributed by atoms with Crippen LogP contribution in [0.4, 0.5) is 4.79 Å². The molecule has 192 valence electrons. The van der Waals surface area contributed by atoms with Crippen LogP contribution in [0.2, 0.25) is 0 Å². The van der Waals surface area contributed by atoms with Crippen LogP contribution >= 0.6 is 0 Å². The number of phenolic OH excluding ortho intramolecular Hbond substituents is 1. The van der Waals surface area contributed by atoms with Gasteiger partial charge in [0.1, 0.15) is 29.0 Å². The predicted octanol–water partition coefficient (Wildman–Crippen LogP) is 3.73. The van der Waals surface area contributed by atoms with Crippen molar-refractivity contribution in [2.24, 2.45) is 5.92 Å². The molecule has 0 saturated carbocycles. The van der Waals surface area contributed by atoms with Gasteiger partial charge >= 0.3 is 6.09 Å². The van der Waals surface area contributed by atoms with Crippen molar-refractivity contribution in [2.75, 3.05) is 6.54 Å². The fourth-order valence-electron chi connectivity index (χ4n) is 4.34. The van der Waals surface area contributed by atoms with Crippen LogP contribution in [0.25, 0.3) is 11.0 Å². The Hall–Kier alpha value is -3.23. The van der Waals surface area contributed by atoms with Gasteiger partial charge in [-0.1, -0.05) is 13.8 Å². The Bertz CT molecular complexity index is 1070. The van der Waals surface area contributed by atoms with Gasteiger partial charge in [-0.2, -0.15) is 0 Å². The van der Waals surface area contributed by atoms with Gasteiger partial charge in [0.25, 0.3) is 0 Å². The van der Waals surface area contributed by atoms with Crippen molar-refractivity contribution in [1.82, 2.24) is 15.5 Å². The Balaban J connectivity index is 1.67. The number of benzene rings is 1. The van der Waals surface area contributed by atoms with Gasteiger partial charge in [0, 0.05) is 23.5 Å². The lowest BCUT2D eigenvalue weighted by atomic mass is 9.99. The molecule has 3 atom stereocenters. The molecule has 1 fully saturated rings. The highest BCUT2D eigenvalue weighted by Crippen LogP contribution is 2.30. The van der Waals surface area contributed by atoms with E-state index in [9.17, 15) is 19.5 Å². The van der Waals surface area contributed by atoms with Crippen LogP contribution in [0.1, 0.15) is 59.9 Å². The summed E-state index contributed by atoms with van der Waals surface area (Å²) in [7, 11) is 0. The fourth-order valence-corrected chi connectivity index (χ4v) is 4.34. The number of hydrogen-bond donors (Lipinski definition) is 3. The molecule has 1 aliphatic heterocycles. The van der Waals surface area contributed by atoms with Gasteiger partial charge in [-0.25, -0.2) is 4.79 Å². The average molecular weight is 488 g/mol. The average Bonchev–Trinajstić information content (AvgIpc) is 3.37. The van der Waals surface area contributed by atoms with Crippen molar-refractivity contribution < 1.29 is 28.6 Å². The number of fused-ring (bicyclic) bond motifs is 1. The van der Waals surface area contributed by atoms with E-state index in [1.54, 1.807) is 52.2 Å². The molecule has 3 rings (SSSR count). The van der Waals surface area contributed by atoms with Crippen molar-refractivity contribution >= 4 is 28.9 Å². The summed E-state index contributed by atoms with van der Waals surface area (Å²) in [6.07, 6.45) is 3.29. The summed E-state index contributed by atoms with van der Waals surface area (Å²) in [6.45, 7) is 11.2. The summed E-state index contributed by atoms with van der Waals surface area (Å²) < 4.78 is 10.8. The normalized spacial score (nSPS) is 17.9. The molecule has 0 unspecified atom stereocenters. The molecule has 9 nitrogen and oxygen atoms in total. The number of carbonyl (C=O) groups excluding carboxylic acids is 3. The van der Waals surface area contributed by atoms with Gasteiger partial charge in [-0.05, 0) is 71.1 Å². The molecule has 3 N–H and O–H groups in total. The predicted molar refractivity (Wildman–Crippen MR) is 132 cm³/mol. The number of hydrogen-bond acceptors (Lipinski definition) is 6. The summed E-state index contributed by atoms with van der Waals surface area (Å²) in [5.41, 5.74) is 0.939. The molecule has 1 aromatic carbocycles. The topological polar surface area (TPSA) is 121 Å². The standard InChI is InChI=1S/C26H37N3O6/c1-15(2)22(28-23(31)16(3)27-25(33)35-26(4,5)6)24(32)29-11-7-8-18(29)12-17-14-34-21-10-9-19(30)13-20(17)21/h9-10,13-16,18,22,30H,7-8,11-12H2,1-6H3,(H,27,33)(H,28,31)/t16-,18-,22-/m0/s1. The van der Waals surface area contributed by atoms with Gasteiger partial charge in [-0.3, -0.25) is 9.59 Å². The molecule has 1 saturated heterocycles. The number of carbonyl (C=O) groups is 3. The van der Waals surface area contributed by atoms with E-state index in [4.69, 9.17) is 9.15 Å². The van der Waals surface area contributed by atoms with E-state index in [-0.39, 0.29) is 23.6 Å². The van der Waals surface area contributed by atoms with Crippen molar-refractivity contribution in [2.45, 2.75) is 84.5 Å². The lowest BCUT2D eigenvalue weighted by Crippen LogP contribution is -2.56. The zero-order valence-electron chi connectivity index (χ0n) is 21.4. The molecule has 1 aliphatic rings. The van der Waals surface area contributed by atoms with E-state index in [2.05, 4.69) is 10.6 Å². The smallest absolute Gasteiger partial charge is 0.408 e. The Morgan fingerprint density at radius 1 is 1.20 bits per heavy atom. The number of likely N-dealkylation sites (tertiary alicyclic amines) is 1. The zero-order valence-corrected chi connectivity index (χ0v) is 21.4. The van der Waals surface area contributed by atoms with Crippen LogP contribution in [0, 0.1) is 5.92 Å². The number of nitrogens with one attached hydrogen (secondary N) is 2. The minimum atomic E-state index is -0.863. The number of furan rings is 1. The summed E-state index contributed by atoms with van der Waals surface area (Å²) in [5.74, 6) is -0.574. The van der Waals surface area contributed by atoms with Gasteiger partial charge in [0.15, 0.2) is 0 Å². The van der Waals surface area contributed by atoms with Gasteiger partial charge < -0.3 is 29.8 Å². The van der Waals surface area contributed by atoms with Crippen LogP contribution in [-0.2, 0) is 20.7 Å². The van der Waals surface area contributed by atoms with Gasteiger partial charge in [-0.15, -0.1) is 0 Å². The highest BCUT2D eigenvalue weighted by atomic mass is 16.6. The summed E-state index contributed by atoms with van der Waals surface area (Å²) >= 11 is 0. The summed E-state index contributed by atoms with van der Waals surface area (Å²) in [6, 6.07) is 3.35. The second kappa shape index (κ2) is 10.6. The maximum atomic E-state index is 13.5. The monoisotopic (exact) mass is 487 g/mol. The van der Waals surface area contributed by atoms with E-state index < -0.39 is 29.7 Å². The zero-order chi connectivity index (χ0) is 25.9. The van der Waals surface area contributed by atoms with Crippen molar-refractivity contribution in [3.05, 3.63) is 30.0 Å². The minimum absolute atomic E-state index is 0.0406. The Kier molecular flexibility index (Phi) is 7.97. The first kappa shape index (κ1) is 26.4. The number of phenols is 1. The highest BCUT2D eigenvalue weighted by Gasteiger charge is 2.36. The molecular formula is C26H37N3O6. The number of nitrogens with zero attached hydrogens (tertiary/aromatic N) is 1. The highest BCUT2D eigenvalue weighted by molar-refractivity contribution is 5.91. The van der Waals surface area contributed by atoms with E-state index in [1.807, 2.05) is 18.7 Å². The Morgan fingerprint density at radius 2 is 1.91 bits per heavy atom. The maximum absolute atomic E-state index is 13.5. The third kappa shape index (κ3) is 6.68. The molecule has 0 spiro atoms. The lowest BCUT2D eigenvalue weighted by molar-refractivity contribution is -0.138. The SMILES string of the molecule is CC(C)[C@H](NC(=O)[C@H](C)NC(=O)OC(C)(C)C)C(=O)N1CCC[C@H]1Cc1coc2ccc(O)cc12. The molecule has 0 bridgehead atoms. The summed E-state index contributed by atoms with van der Waals surface area (Å²) in [5, 5.41) is 16.0. The van der Waals surface area contributed by atoms with Gasteiger partial charge in [0.2, 0.25) is 11.8 Å². The number of amides is 3. The fraction of sp³-hybridized carbons (Fsp3) is 0.577. The van der Waals surface area contributed by atoms with E-state index in [0.29, 0.717) is 18.5 Å². The Labute approximate surface area is 206 Å². The molecule has 2 aromatic rings. The van der Waals surface area contributed by atoms with Crippen molar-refractivity contribution in [3.63, 3.8) is 0 Å². The number of alkyl carbamates (subject to hydrolysis) is 1. The van der Waals surface area contributed by atoms with E-state index >= 15 is 0 Å². The Morgan fingerprint density at radius 3 is 2.57 bits per heavy atom. The largest absolute Gasteiger partial charge is 0.508 e. The first-order valence-corrected chi connectivity index (χ1v) is 12.1.